The van der Waals surface area contributed by atoms with Crippen molar-refractivity contribution < 1.29 is 9.69 Å². The van der Waals surface area contributed by atoms with Crippen molar-refractivity contribution in [1.82, 2.24) is 0 Å². The van der Waals surface area contributed by atoms with Gasteiger partial charge in [-0.3, -0.25) is 4.79 Å². The van der Waals surface area contributed by atoms with Gasteiger partial charge in [-0.25, -0.2) is 0 Å². The Morgan fingerprint density at radius 2 is 1.86 bits per heavy atom. The standard InChI is InChI=1S/C17H18Cl2N2O/c1-2-21(11-13-6-4-3-5-7-13)12-17(22)20-16-10-14(18)8-9-15(16)19/h3-10H,2,11-12H2,1H3,(H,20,22)/p+1. The summed E-state index contributed by atoms with van der Waals surface area (Å²) in [4.78, 5) is 13.4. The van der Waals surface area contributed by atoms with Crippen LogP contribution in [-0.2, 0) is 11.3 Å². The number of likely N-dealkylation sites (N-methyl/N-ethyl adjacent to an activating group) is 1. The molecule has 0 heterocycles. The van der Waals surface area contributed by atoms with Crippen LogP contribution in [0, 0.1) is 0 Å². The van der Waals surface area contributed by atoms with Crippen LogP contribution in [0.5, 0.6) is 0 Å². The van der Waals surface area contributed by atoms with Gasteiger partial charge in [0.05, 0.1) is 17.3 Å². The molecule has 0 aliphatic heterocycles. The van der Waals surface area contributed by atoms with Crippen molar-refractivity contribution in [2.24, 2.45) is 0 Å². The minimum atomic E-state index is -0.0723. The highest BCUT2D eigenvalue weighted by Gasteiger charge is 2.14. The van der Waals surface area contributed by atoms with Crippen LogP contribution >= 0.6 is 23.2 Å². The molecule has 2 rings (SSSR count). The van der Waals surface area contributed by atoms with Crippen LogP contribution in [0.4, 0.5) is 5.69 Å². The zero-order valence-corrected chi connectivity index (χ0v) is 13.9. The summed E-state index contributed by atoms with van der Waals surface area (Å²) in [7, 11) is 0. The number of hydrogen-bond donors (Lipinski definition) is 2. The highest BCUT2D eigenvalue weighted by molar-refractivity contribution is 6.35. The first-order valence-corrected chi connectivity index (χ1v) is 7.96. The molecule has 0 bridgehead atoms. The molecule has 22 heavy (non-hydrogen) atoms. The Bertz CT molecular complexity index is 632. The second-order valence-electron chi connectivity index (χ2n) is 5.12. The third-order valence-electron chi connectivity index (χ3n) is 3.41. The van der Waals surface area contributed by atoms with Gasteiger partial charge in [0, 0.05) is 10.6 Å². The van der Waals surface area contributed by atoms with E-state index >= 15 is 0 Å². The maximum Gasteiger partial charge on any atom is 0.279 e. The number of halogens is 2. The molecule has 2 aromatic rings. The highest BCUT2D eigenvalue weighted by atomic mass is 35.5. The van der Waals surface area contributed by atoms with Crippen molar-refractivity contribution in [3.8, 4) is 0 Å². The van der Waals surface area contributed by atoms with Crippen molar-refractivity contribution >= 4 is 34.8 Å². The van der Waals surface area contributed by atoms with Gasteiger partial charge < -0.3 is 10.2 Å². The van der Waals surface area contributed by atoms with E-state index in [2.05, 4.69) is 24.4 Å². The minimum absolute atomic E-state index is 0.0723. The van der Waals surface area contributed by atoms with E-state index in [1.165, 1.54) is 10.5 Å². The minimum Gasteiger partial charge on any atom is -0.324 e. The molecular weight excluding hydrogens is 319 g/mol. The van der Waals surface area contributed by atoms with E-state index in [1.807, 2.05) is 18.2 Å². The number of quaternary nitrogens is 1. The molecule has 0 fully saturated rings. The average molecular weight is 338 g/mol. The number of amides is 1. The second kappa shape index (κ2) is 8.18. The van der Waals surface area contributed by atoms with Gasteiger partial charge in [-0.2, -0.15) is 0 Å². The number of anilines is 1. The molecule has 116 valence electrons. The van der Waals surface area contributed by atoms with E-state index in [9.17, 15) is 4.79 Å². The fourth-order valence-electron chi connectivity index (χ4n) is 2.21. The fraction of sp³-hybridized carbons (Fsp3) is 0.235. The van der Waals surface area contributed by atoms with Crippen molar-refractivity contribution in [3.63, 3.8) is 0 Å². The van der Waals surface area contributed by atoms with Gasteiger partial charge in [0.25, 0.3) is 5.91 Å². The smallest absolute Gasteiger partial charge is 0.279 e. The number of hydrogen-bond acceptors (Lipinski definition) is 1. The third-order valence-corrected chi connectivity index (χ3v) is 3.97. The summed E-state index contributed by atoms with van der Waals surface area (Å²) in [5.74, 6) is -0.0723. The molecular formula is C17H19Cl2N2O+. The lowest BCUT2D eigenvalue weighted by Gasteiger charge is -2.17. The van der Waals surface area contributed by atoms with Gasteiger partial charge in [-0.1, -0.05) is 53.5 Å². The monoisotopic (exact) mass is 337 g/mol. The zero-order chi connectivity index (χ0) is 15.9. The Kier molecular flexibility index (Phi) is 6.25. The van der Waals surface area contributed by atoms with Gasteiger partial charge >= 0.3 is 0 Å². The van der Waals surface area contributed by atoms with Crippen molar-refractivity contribution in [3.05, 3.63) is 64.1 Å². The molecule has 0 saturated carbocycles. The molecule has 0 aliphatic carbocycles. The quantitative estimate of drug-likeness (QED) is 0.834. The Balaban J connectivity index is 1.96. The van der Waals surface area contributed by atoms with Crippen molar-refractivity contribution in [1.29, 1.82) is 0 Å². The molecule has 2 N–H and O–H groups in total. The number of carbonyl (C=O) groups excluding carboxylic acids is 1. The molecule has 0 aromatic heterocycles. The molecule has 0 saturated heterocycles. The molecule has 1 atom stereocenters. The Morgan fingerprint density at radius 3 is 2.55 bits per heavy atom. The van der Waals surface area contributed by atoms with E-state index in [1.54, 1.807) is 18.2 Å². The lowest BCUT2D eigenvalue weighted by atomic mass is 10.2. The summed E-state index contributed by atoms with van der Waals surface area (Å²) in [6, 6.07) is 15.2. The summed E-state index contributed by atoms with van der Waals surface area (Å²) in [5.41, 5.74) is 1.77. The van der Waals surface area contributed by atoms with Gasteiger partial charge in [-0.15, -0.1) is 0 Å². The zero-order valence-electron chi connectivity index (χ0n) is 12.4. The molecule has 3 nitrogen and oxygen atoms in total. The first-order valence-electron chi connectivity index (χ1n) is 7.21. The van der Waals surface area contributed by atoms with E-state index in [4.69, 9.17) is 23.2 Å². The number of rotatable bonds is 6. The maximum absolute atomic E-state index is 12.2. The molecule has 0 radical (unpaired) electrons. The molecule has 1 amide bonds. The topological polar surface area (TPSA) is 33.5 Å². The Labute approximate surface area is 140 Å². The SMILES string of the molecule is CC[NH+](CC(=O)Nc1cc(Cl)ccc1Cl)Cc1ccccc1. The maximum atomic E-state index is 12.2. The molecule has 1 unspecified atom stereocenters. The number of carbonyl (C=O) groups is 1. The van der Waals surface area contributed by atoms with E-state index in [0.717, 1.165) is 13.1 Å². The van der Waals surface area contributed by atoms with Crippen LogP contribution in [0.25, 0.3) is 0 Å². The second-order valence-corrected chi connectivity index (χ2v) is 5.96. The Morgan fingerprint density at radius 1 is 1.14 bits per heavy atom. The summed E-state index contributed by atoms with van der Waals surface area (Å²) in [5, 5.41) is 3.86. The lowest BCUT2D eigenvalue weighted by Crippen LogP contribution is -3.11. The number of benzene rings is 2. The fourth-order valence-corrected chi connectivity index (χ4v) is 2.55. The third kappa shape index (κ3) is 5.02. The predicted molar refractivity (Wildman–Crippen MR) is 91.6 cm³/mol. The normalized spacial score (nSPS) is 12.0. The highest BCUT2D eigenvalue weighted by Crippen LogP contribution is 2.25. The first kappa shape index (κ1) is 16.8. The molecule has 0 aliphatic rings. The van der Waals surface area contributed by atoms with E-state index in [0.29, 0.717) is 22.3 Å². The summed E-state index contributed by atoms with van der Waals surface area (Å²) >= 11 is 12.0. The van der Waals surface area contributed by atoms with Crippen molar-refractivity contribution in [2.45, 2.75) is 13.5 Å². The van der Waals surface area contributed by atoms with Gasteiger partial charge in [0.15, 0.2) is 6.54 Å². The predicted octanol–water partition coefficient (Wildman–Crippen LogP) is 3.04. The van der Waals surface area contributed by atoms with Gasteiger partial charge in [0.1, 0.15) is 6.54 Å². The summed E-state index contributed by atoms with van der Waals surface area (Å²) < 4.78 is 0. The van der Waals surface area contributed by atoms with Gasteiger partial charge in [0.2, 0.25) is 0 Å². The van der Waals surface area contributed by atoms with Crippen LogP contribution in [0.15, 0.2) is 48.5 Å². The van der Waals surface area contributed by atoms with Gasteiger partial charge in [-0.05, 0) is 25.1 Å². The largest absolute Gasteiger partial charge is 0.324 e. The van der Waals surface area contributed by atoms with Crippen LogP contribution in [0.1, 0.15) is 12.5 Å². The van der Waals surface area contributed by atoms with E-state index in [-0.39, 0.29) is 5.91 Å². The first-order chi connectivity index (χ1) is 10.6. The molecule has 2 aromatic carbocycles. The van der Waals surface area contributed by atoms with Crippen LogP contribution in [0.3, 0.4) is 0 Å². The van der Waals surface area contributed by atoms with Crippen molar-refractivity contribution in [2.75, 3.05) is 18.4 Å². The van der Waals surface area contributed by atoms with E-state index < -0.39 is 0 Å². The van der Waals surface area contributed by atoms with Crippen LogP contribution in [-0.4, -0.2) is 19.0 Å². The Hall–Kier alpha value is -1.55. The van der Waals surface area contributed by atoms with Crippen LogP contribution in [0.2, 0.25) is 10.0 Å². The van der Waals surface area contributed by atoms with Crippen LogP contribution < -0.4 is 10.2 Å². The number of nitrogens with one attached hydrogen (secondary N) is 2. The lowest BCUT2D eigenvalue weighted by molar-refractivity contribution is -0.903. The summed E-state index contributed by atoms with van der Waals surface area (Å²) in [6.45, 7) is 4.13. The molecule has 5 heteroatoms. The average Bonchev–Trinajstić information content (AvgIpc) is 2.51. The molecule has 0 spiro atoms. The summed E-state index contributed by atoms with van der Waals surface area (Å²) in [6.07, 6.45) is 0.